The normalized spacial score (nSPS) is 15.0. The first-order valence-corrected chi connectivity index (χ1v) is 12.2. The summed E-state index contributed by atoms with van der Waals surface area (Å²) in [5.41, 5.74) is 5.25. The molecular formula is C26H30N4O4. The number of aromatic nitrogens is 3. The average Bonchev–Trinajstić information content (AvgIpc) is 3.46. The van der Waals surface area contributed by atoms with E-state index in [0.29, 0.717) is 37.5 Å². The van der Waals surface area contributed by atoms with Gasteiger partial charge in [-0.05, 0) is 51.0 Å². The monoisotopic (exact) mass is 462 g/mol. The van der Waals surface area contributed by atoms with Gasteiger partial charge in [0.2, 0.25) is 5.76 Å². The van der Waals surface area contributed by atoms with Crippen LogP contribution in [0.5, 0.6) is 0 Å². The van der Waals surface area contributed by atoms with Crippen molar-refractivity contribution in [2.45, 2.75) is 65.0 Å². The Morgan fingerprint density at radius 2 is 1.91 bits per heavy atom. The fraction of sp³-hybridized carbons (Fsp3) is 0.462. The Labute approximate surface area is 198 Å². The molecule has 8 heteroatoms. The average molecular weight is 463 g/mol. The molecule has 0 atom stereocenters. The molecule has 2 aromatic heterocycles. The van der Waals surface area contributed by atoms with Crippen LogP contribution in [0.3, 0.4) is 0 Å². The van der Waals surface area contributed by atoms with Crippen LogP contribution in [-0.2, 0) is 43.5 Å². The van der Waals surface area contributed by atoms with Gasteiger partial charge in [0, 0.05) is 36.3 Å². The Bertz CT molecular complexity index is 1180. The molecule has 1 aliphatic heterocycles. The van der Waals surface area contributed by atoms with E-state index in [9.17, 15) is 9.59 Å². The van der Waals surface area contributed by atoms with Crippen molar-refractivity contribution in [3.63, 3.8) is 0 Å². The van der Waals surface area contributed by atoms with Gasteiger partial charge in [0.25, 0.3) is 5.91 Å². The molecule has 1 aromatic carbocycles. The fourth-order valence-corrected chi connectivity index (χ4v) is 4.99. The van der Waals surface area contributed by atoms with E-state index in [2.05, 4.69) is 22.4 Å². The Morgan fingerprint density at radius 3 is 2.74 bits per heavy atom. The predicted molar refractivity (Wildman–Crippen MR) is 125 cm³/mol. The maximum atomic E-state index is 13.3. The van der Waals surface area contributed by atoms with Crippen LogP contribution in [0.15, 0.2) is 34.9 Å². The van der Waals surface area contributed by atoms with Crippen LogP contribution in [0.4, 0.5) is 0 Å². The third kappa shape index (κ3) is 4.36. The number of ether oxygens (including phenoxy) is 1. The summed E-state index contributed by atoms with van der Waals surface area (Å²) in [5.74, 6) is -0.245. The lowest BCUT2D eigenvalue weighted by Gasteiger charge is -2.27. The Morgan fingerprint density at radius 1 is 1.09 bits per heavy atom. The topological polar surface area (TPSA) is 90.5 Å². The summed E-state index contributed by atoms with van der Waals surface area (Å²) in [6.45, 7) is 3.63. The number of hydrogen-bond acceptors (Lipinski definition) is 6. The number of rotatable bonds is 7. The fourth-order valence-electron chi connectivity index (χ4n) is 4.99. The molecule has 0 N–H and O–H groups in total. The molecule has 3 heterocycles. The predicted octanol–water partition coefficient (Wildman–Crippen LogP) is 3.76. The first kappa shape index (κ1) is 22.4. The summed E-state index contributed by atoms with van der Waals surface area (Å²) < 4.78 is 12.7. The third-order valence-electron chi connectivity index (χ3n) is 6.72. The highest BCUT2D eigenvalue weighted by atomic mass is 16.5. The van der Waals surface area contributed by atoms with Gasteiger partial charge in [0.15, 0.2) is 5.69 Å². The molecule has 34 heavy (non-hydrogen) atoms. The van der Waals surface area contributed by atoms with Crippen molar-refractivity contribution in [3.8, 4) is 0 Å². The first-order chi connectivity index (χ1) is 16.7. The molecular weight excluding hydrogens is 432 g/mol. The number of aryl methyl sites for hydroxylation is 3. The second-order valence-corrected chi connectivity index (χ2v) is 8.93. The van der Waals surface area contributed by atoms with Crippen molar-refractivity contribution < 1.29 is 18.8 Å². The lowest BCUT2D eigenvalue weighted by atomic mass is 9.95. The van der Waals surface area contributed by atoms with Crippen molar-refractivity contribution in [3.05, 3.63) is 69.9 Å². The molecule has 0 fully saturated rings. The molecule has 0 spiro atoms. The number of benzene rings is 1. The van der Waals surface area contributed by atoms with E-state index in [0.717, 1.165) is 61.0 Å². The zero-order valence-electron chi connectivity index (χ0n) is 19.6. The minimum atomic E-state index is -0.438. The second kappa shape index (κ2) is 9.83. The maximum absolute atomic E-state index is 13.3. The van der Waals surface area contributed by atoms with Crippen LogP contribution in [-0.4, -0.2) is 44.9 Å². The molecule has 2 aliphatic rings. The highest BCUT2D eigenvalue weighted by molar-refractivity contribution is 5.94. The highest BCUT2D eigenvalue weighted by Crippen LogP contribution is 2.29. The third-order valence-corrected chi connectivity index (χ3v) is 6.72. The smallest absolute Gasteiger partial charge is 0.359 e. The summed E-state index contributed by atoms with van der Waals surface area (Å²) in [7, 11) is 0. The molecule has 3 aromatic rings. The Hall–Kier alpha value is -3.42. The molecule has 0 saturated carbocycles. The van der Waals surface area contributed by atoms with Gasteiger partial charge < -0.3 is 14.2 Å². The first-order valence-electron chi connectivity index (χ1n) is 12.2. The molecule has 1 aliphatic carbocycles. The summed E-state index contributed by atoms with van der Waals surface area (Å²) in [4.78, 5) is 27.8. The number of nitrogens with zero attached hydrogens (tertiary/aromatic N) is 4. The van der Waals surface area contributed by atoms with Crippen LogP contribution in [0, 0.1) is 0 Å². The molecule has 5 rings (SSSR count). The van der Waals surface area contributed by atoms with E-state index in [-0.39, 0.29) is 12.5 Å². The molecule has 8 nitrogen and oxygen atoms in total. The zero-order chi connectivity index (χ0) is 23.5. The lowest BCUT2D eigenvalue weighted by molar-refractivity contribution is 0.0512. The zero-order valence-corrected chi connectivity index (χ0v) is 19.6. The number of hydrogen-bond donors (Lipinski definition) is 0. The van der Waals surface area contributed by atoms with Gasteiger partial charge in [0.1, 0.15) is 0 Å². The molecule has 0 radical (unpaired) electrons. The van der Waals surface area contributed by atoms with E-state index < -0.39 is 5.97 Å². The molecule has 0 bridgehead atoms. The Balaban J connectivity index is 1.36. The van der Waals surface area contributed by atoms with Gasteiger partial charge in [-0.1, -0.05) is 35.5 Å². The van der Waals surface area contributed by atoms with E-state index in [4.69, 9.17) is 9.26 Å². The number of esters is 1. The minimum absolute atomic E-state index is 0.159. The second-order valence-electron chi connectivity index (χ2n) is 8.93. The lowest BCUT2D eigenvalue weighted by Crippen LogP contribution is -2.37. The van der Waals surface area contributed by atoms with Crippen LogP contribution in [0.25, 0.3) is 0 Å². The van der Waals surface area contributed by atoms with Gasteiger partial charge >= 0.3 is 5.97 Å². The van der Waals surface area contributed by atoms with E-state index in [1.807, 2.05) is 22.9 Å². The number of carbonyl (C=O) groups excluding carboxylic acids is 2. The van der Waals surface area contributed by atoms with Crippen LogP contribution >= 0.6 is 0 Å². The van der Waals surface area contributed by atoms with Gasteiger partial charge in [0.05, 0.1) is 18.8 Å². The summed E-state index contributed by atoms with van der Waals surface area (Å²) in [6, 6.07) is 10.3. The van der Waals surface area contributed by atoms with Gasteiger partial charge in [-0.3, -0.25) is 9.48 Å². The van der Waals surface area contributed by atoms with Crippen molar-refractivity contribution in [1.82, 2.24) is 19.8 Å². The number of amides is 1. The summed E-state index contributed by atoms with van der Waals surface area (Å²) in [6.07, 6.45) is 6.28. The number of fused-ring (bicyclic) bond motifs is 2. The van der Waals surface area contributed by atoms with Crippen LogP contribution < -0.4 is 0 Å². The van der Waals surface area contributed by atoms with Crippen molar-refractivity contribution in [2.75, 3.05) is 13.2 Å². The van der Waals surface area contributed by atoms with Crippen molar-refractivity contribution in [1.29, 1.82) is 0 Å². The molecule has 1 amide bonds. The van der Waals surface area contributed by atoms with Crippen molar-refractivity contribution >= 4 is 11.9 Å². The molecule has 178 valence electrons. The summed E-state index contributed by atoms with van der Waals surface area (Å²) >= 11 is 0. The quantitative estimate of drug-likeness (QED) is 0.497. The standard InChI is InChI=1S/C26H30N4O4/c1-2-33-26(32)23-20-17-29(25(31)24-19-12-6-7-13-21(19)28-34-24)16-14-22(20)30(27-23)15-8-11-18-9-4-3-5-10-18/h3-5,9-10H,2,6-8,11-17H2,1H3. The molecule has 0 unspecified atom stereocenters. The van der Waals surface area contributed by atoms with E-state index >= 15 is 0 Å². The summed E-state index contributed by atoms with van der Waals surface area (Å²) in [5, 5.41) is 8.77. The molecule has 0 saturated heterocycles. The highest BCUT2D eigenvalue weighted by Gasteiger charge is 2.34. The van der Waals surface area contributed by atoms with Gasteiger partial charge in [-0.2, -0.15) is 5.10 Å². The van der Waals surface area contributed by atoms with E-state index in [1.54, 1.807) is 11.8 Å². The van der Waals surface area contributed by atoms with Crippen LogP contribution in [0.2, 0.25) is 0 Å². The van der Waals surface area contributed by atoms with Gasteiger partial charge in [-0.15, -0.1) is 0 Å². The number of carbonyl (C=O) groups is 2. The Kier molecular flexibility index (Phi) is 6.47. The van der Waals surface area contributed by atoms with Crippen LogP contribution in [0.1, 0.15) is 75.3 Å². The van der Waals surface area contributed by atoms with E-state index in [1.165, 1.54) is 5.56 Å². The van der Waals surface area contributed by atoms with Crippen molar-refractivity contribution in [2.24, 2.45) is 0 Å². The SMILES string of the molecule is CCOC(=O)c1nn(CCCc2ccccc2)c2c1CN(C(=O)c1onc3c1CCCC3)CC2. The largest absolute Gasteiger partial charge is 0.461 e. The van der Waals surface area contributed by atoms with Gasteiger partial charge in [-0.25, -0.2) is 4.79 Å². The maximum Gasteiger partial charge on any atom is 0.359 e. The minimum Gasteiger partial charge on any atom is -0.461 e.